The first kappa shape index (κ1) is 18.7. The molecule has 1 N–H and O–H groups in total. The molecule has 3 aromatic rings. The molecule has 0 aliphatic rings. The van der Waals surface area contributed by atoms with Crippen LogP contribution in [0.2, 0.25) is 0 Å². The molecule has 0 aliphatic heterocycles. The van der Waals surface area contributed by atoms with Crippen molar-refractivity contribution in [3.63, 3.8) is 0 Å². The molecule has 27 heavy (non-hydrogen) atoms. The molecule has 3 rings (SSSR count). The van der Waals surface area contributed by atoms with E-state index >= 15 is 0 Å². The fourth-order valence-electron chi connectivity index (χ4n) is 2.81. The van der Waals surface area contributed by atoms with Gasteiger partial charge in [0.15, 0.2) is 11.5 Å². The molecule has 142 valence electrons. The number of anilines is 1. The highest BCUT2D eigenvalue weighted by molar-refractivity contribution is 5.81. The Bertz CT molecular complexity index is 1000. The van der Waals surface area contributed by atoms with Crippen LogP contribution in [-0.2, 0) is 13.0 Å². The molecule has 2 aromatic carbocycles. The minimum absolute atomic E-state index is 0.0671. The van der Waals surface area contributed by atoms with E-state index in [0.29, 0.717) is 17.8 Å². The summed E-state index contributed by atoms with van der Waals surface area (Å²) in [6.45, 7) is -0.619. The lowest BCUT2D eigenvalue weighted by Crippen LogP contribution is -2.07. The zero-order valence-electron chi connectivity index (χ0n) is 14.9. The third-order valence-electron chi connectivity index (χ3n) is 4.17. The summed E-state index contributed by atoms with van der Waals surface area (Å²) in [4.78, 5) is 11.9. The van der Waals surface area contributed by atoms with Crippen molar-refractivity contribution in [3.8, 4) is 11.5 Å². The number of benzene rings is 2. The van der Waals surface area contributed by atoms with Gasteiger partial charge in [0.2, 0.25) is 0 Å². The number of alkyl halides is 2. The van der Waals surface area contributed by atoms with Crippen LogP contribution in [0.15, 0.2) is 51.7 Å². The molecule has 7 heteroatoms. The summed E-state index contributed by atoms with van der Waals surface area (Å²) < 4.78 is 39.9. The lowest BCUT2D eigenvalue weighted by atomic mass is 10.1. The second kappa shape index (κ2) is 8.07. The summed E-state index contributed by atoms with van der Waals surface area (Å²) in [5.41, 5.74) is 2.45. The topological polar surface area (TPSA) is 60.7 Å². The van der Waals surface area contributed by atoms with E-state index in [1.54, 1.807) is 6.07 Å². The van der Waals surface area contributed by atoms with Crippen LogP contribution in [0, 0.1) is 0 Å². The van der Waals surface area contributed by atoms with Gasteiger partial charge < -0.3 is 19.2 Å². The molecule has 0 saturated carbocycles. The van der Waals surface area contributed by atoms with Gasteiger partial charge in [0.1, 0.15) is 5.58 Å². The van der Waals surface area contributed by atoms with Crippen LogP contribution in [0.4, 0.5) is 14.5 Å². The van der Waals surface area contributed by atoms with Gasteiger partial charge in [-0.3, -0.25) is 0 Å². The van der Waals surface area contributed by atoms with E-state index in [1.807, 2.05) is 25.1 Å². The number of hydrogen-bond acceptors (Lipinski definition) is 5. The molecule has 5 nitrogen and oxygen atoms in total. The molecule has 0 saturated heterocycles. The SMILES string of the molecule is CCc1ccc2c(CNc3ccc(OC)c(OC(F)F)c3)cc(=O)oc2c1. The Morgan fingerprint density at radius 1 is 1.11 bits per heavy atom. The van der Waals surface area contributed by atoms with Crippen molar-refractivity contribution in [2.24, 2.45) is 0 Å². The van der Waals surface area contributed by atoms with Crippen LogP contribution in [0.25, 0.3) is 11.0 Å². The van der Waals surface area contributed by atoms with Gasteiger partial charge in [0, 0.05) is 29.8 Å². The fourth-order valence-corrected chi connectivity index (χ4v) is 2.81. The van der Waals surface area contributed by atoms with E-state index in [2.05, 4.69) is 10.1 Å². The first-order valence-electron chi connectivity index (χ1n) is 8.42. The van der Waals surface area contributed by atoms with E-state index in [0.717, 1.165) is 22.9 Å². The predicted octanol–water partition coefficient (Wildman–Crippen LogP) is 4.58. The zero-order chi connectivity index (χ0) is 19.4. The first-order chi connectivity index (χ1) is 13.0. The monoisotopic (exact) mass is 375 g/mol. The third-order valence-corrected chi connectivity index (χ3v) is 4.17. The molecule has 0 radical (unpaired) electrons. The Balaban J connectivity index is 1.87. The molecular weight excluding hydrogens is 356 g/mol. The van der Waals surface area contributed by atoms with Gasteiger partial charge in [-0.2, -0.15) is 8.78 Å². The maximum atomic E-state index is 12.6. The number of methoxy groups -OCH3 is 1. The highest BCUT2D eigenvalue weighted by Gasteiger charge is 2.12. The van der Waals surface area contributed by atoms with Crippen LogP contribution < -0.4 is 20.4 Å². The zero-order valence-corrected chi connectivity index (χ0v) is 14.9. The minimum Gasteiger partial charge on any atom is -0.493 e. The number of halogens is 2. The summed E-state index contributed by atoms with van der Waals surface area (Å²) in [6, 6.07) is 11.8. The number of ether oxygens (including phenoxy) is 2. The second-order valence-electron chi connectivity index (χ2n) is 5.87. The van der Waals surface area contributed by atoms with Crippen LogP contribution in [-0.4, -0.2) is 13.7 Å². The van der Waals surface area contributed by atoms with Gasteiger partial charge in [-0.1, -0.05) is 19.1 Å². The summed E-state index contributed by atoms with van der Waals surface area (Å²) >= 11 is 0. The fraction of sp³-hybridized carbons (Fsp3) is 0.250. The van der Waals surface area contributed by atoms with Gasteiger partial charge in [-0.25, -0.2) is 4.79 Å². The summed E-state index contributed by atoms with van der Waals surface area (Å²) in [6.07, 6.45) is 0.834. The Kier molecular flexibility index (Phi) is 5.59. The van der Waals surface area contributed by atoms with Gasteiger partial charge >= 0.3 is 12.2 Å². The Labute approximate surface area is 154 Å². The maximum Gasteiger partial charge on any atom is 0.387 e. The minimum atomic E-state index is -2.95. The molecule has 0 spiro atoms. The van der Waals surface area contributed by atoms with Gasteiger partial charge in [-0.15, -0.1) is 0 Å². The second-order valence-corrected chi connectivity index (χ2v) is 5.87. The molecule has 0 fully saturated rings. The highest BCUT2D eigenvalue weighted by Crippen LogP contribution is 2.32. The van der Waals surface area contributed by atoms with E-state index < -0.39 is 12.2 Å². The lowest BCUT2D eigenvalue weighted by molar-refractivity contribution is -0.0511. The average Bonchev–Trinajstić information content (AvgIpc) is 2.65. The summed E-state index contributed by atoms with van der Waals surface area (Å²) in [7, 11) is 1.38. The van der Waals surface area contributed by atoms with E-state index in [4.69, 9.17) is 9.15 Å². The largest absolute Gasteiger partial charge is 0.493 e. The first-order valence-corrected chi connectivity index (χ1v) is 8.42. The Morgan fingerprint density at radius 2 is 1.93 bits per heavy atom. The molecule has 1 heterocycles. The average molecular weight is 375 g/mol. The number of fused-ring (bicyclic) bond motifs is 1. The molecule has 0 amide bonds. The number of rotatable bonds is 7. The summed E-state index contributed by atoms with van der Waals surface area (Å²) in [5, 5.41) is 3.93. The van der Waals surface area contributed by atoms with E-state index in [9.17, 15) is 13.6 Å². The molecule has 0 aliphatic carbocycles. The number of hydrogen-bond donors (Lipinski definition) is 1. The Hall–Kier alpha value is -3.09. The molecule has 1 aromatic heterocycles. The van der Waals surface area contributed by atoms with Crippen molar-refractivity contribution in [1.82, 2.24) is 0 Å². The van der Waals surface area contributed by atoms with Gasteiger partial charge in [0.05, 0.1) is 7.11 Å². The van der Waals surface area contributed by atoms with Crippen molar-refractivity contribution in [2.75, 3.05) is 12.4 Å². The van der Waals surface area contributed by atoms with Crippen molar-refractivity contribution < 1.29 is 22.7 Å². The summed E-state index contributed by atoms with van der Waals surface area (Å²) in [5.74, 6) is 0.140. The van der Waals surface area contributed by atoms with Crippen molar-refractivity contribution in [2.45, 2.75) is 26.5 Å². The van der Waals surface area contributed by atoms with Crippen LogP contribution in [0.1, 0.15) is 18.1 Å². The third kappa shape index (κ3) is 4.36. The van der Waals surface area contributed by atoms with Crippen LogP contribution in [0.3, 0.4) is 0 Å². The van der Waals surface area contributed by atoms with Gasteiger partial charge in [0.25, 0.3) is 0 Å². The van der Waals surface area contributed by atoms with E-state index in [1.165, 1.54) is 25.3 Å². The predicted molar refractivity (Wildman–Crippen MR) is 98.8 cm³/mol. The van der Waals surface area contributed by atoms with Crippen molar-refractivity contribution in [1.29, 1.82) is 0 Å². The standard InChI is InChI=1S/C20H19F2NO4/c1-3-12-4-6-15-13(9-19(24)26-17(15)8-12)11-23-14-5-7-16(25-2)18(10-14)27-20(21)22/h4-10,20,23H,3,11H2,1-2H3. The lowest BCUT2D eigenvalue weighted by Gasteiger charge is -2.13. The molecule has 0 unspecified atom stereocenters. The van der Waals surface area contributed by atoms with Gasteiger partial charge in [-0.05, 0) is 35.7 Å². The van der Waals surface area contributed by atoms with E-state index in [-0.39, 0.29) is 11.5 Å². The number of nitrogens with one attached hydrogen (secondary N) is 1. The van der Waals surface area contributed by atoms with Crippen molar-refractivity contribution >= 4 is 16.7 Å². The quantitative estimate of drug-likeness (QED) is 0.613. The molecular formula is C20H19F2NO4. The normalized spacial score (nSPS) is 11.0. The molecule has 0 atom stereocenters. The molecule has 0 bridgehead atoms. The number of aryl methyl sites for hydroxylation is 1. The maximum absolute atomic E-state index is 12.6. The van der Waals surface area contributed by atoms with Crippen molar-refractivity contribution in [3.05, 3.63) is 64.0 Å². The smallest absolute Gasteiger partial charge is 0.387 e. The van der Waals surface area contributed by atoms with Crippen LogP contribution in [0.5, 0.6) is 11.5 Å². The Morgan fingerprint density at radius 3 is 2.63 bits per heavy atom. The highest BCUT2D eigenvalue weighted by atomic mass is 19.3. The van der Waals surface area contributed by atoms with Crippen LogP contribution >= 0.6 is 0 Å².